The molecule has 1 heterocycles. The van der Waals surface area contributed by atoms with E-state index in [1.54, 1.807) is 25.1 Å². The molecule has 0 aromatic carbocycles. The van der Waals surface area contributed by atoms with Gasteiger partial charge in [-0.1, -0.05) is 6.92 Å². The summed E-state index contributed by atoms with van der Waals surface area (Å²) in [6.45, 7) is 10.7. The molecular weight excluding hydrogens is 515 g/mol. The van der Waals surface area contributed by atoms with Crippen LogP contribution >= 0.6 is 24.0 Å². The lowest BCUT2D eigenvalue weighted by molar-refractivity contribution is 0.306. The topological polar surface area (TPSA) is 108 Å². The lowest BCUT2D eigenvalue weighted by Gasteiger charge is -2.32. The van der Waals surface area contributed by atoms with Gasteiger partial charge in [0.05, 0.1) is 22.8 Å². The summed E-state index contributed by atoms with van der Waals surface area (Å²) >= 11 is 0. The highest BCUT2D eigenvalue weighted by atomic mass is 127. The van der Waals surface area contributed by atoms with E-state index in [1.165, 1.54) is 0 Å². The molecule has 1 rings (SSSR count). The van der Waals surface area contributed by atoms with Crippen LogP contribution in [0.3, 0.4) is 0 Å². The molecule has 0 bridgehead atoms. The Kier molecular flexibility index (Phi) is 11.8. The predicted octanol–water partition coefficient (Wildman–Crippen LogP) is 1.58. The second-order valence-electron chi connectivity index (χ2n) is 7.83. The highest BCUT2D eigenvalue weighted by Crippen LogP contribution is 2.16. The van der Waals surface area contributed by atoms with Crippen LogP contribution in [-0.2, 0) is 19.9 Å². The van der Waals surface area contributed by atoms with Crippen molar-refractivity contribution < 1.29 is 16.8 Å². The number of rotatable bonds is 8. The van der Waals surface area contributed by atoms with E-state index in [0.29, 0.717) is 44.9 Å². The maximum Gasteiger partial charge on any atom is 0.214 e. The van der Waals surface area contributed by atoms with Crippen LogP contribution in [0.1, 0.15) is 53.9 Å². The van der Waals surface area contributed by atoms with Gasteiger partial charge in [-0.05, 0) is 47.0 Å². The third-order valence-corrected chi connectivity index (χ3v) is 9.22. The monoisotopic (exact) mass is 552 g/mol. The van der Waals surface area contributed by atoms with Crippen LogP contribution in [0.5, 0.6) is 0 Å². The molecule has 8 nitrogen and oxygen atoms in total. The Balaban J connectivity index is 0.00000729. The van der Waals surface area contributed by atoms with Crippen LogP contribution in [0.2, 0.25) is 0 Å². The van der Waals surface area contributed by atoms with E-state index in [0.717, 1.165) is 0 Å². The highest BCUT2D eigenvalue weighted by Gasteiger charge is 2.29. The van der Waals surface area contributed by atoms with Crippen molar-refractivity contribution in [3.63, 3.8) is 0 Å². The van der Waals surface area contributed by atoms with Crippen LogP contribution in [0, 0.1) is 0 Å². The van der Waals surface area contributed by atoms with E-state index in [-0.39, 0.29) is 48.1 Å². The average Bonchev–Trinajstić information content (AvgIpc) is 2.54. The maximum atomic E-state index is 12.2. The number of nitrogens with one attached hydrogen (secondary N) is 2. The summed E-state index contributed by atoms with van der Waals surface area (Å²) in [5, 5.41) is 6.44. The van der Waals surface area contributed by atoms with Crippen LogP contribution in [-0.4, -0.2) is 75.6 Å². The van der Waals surface area contributed by atoms with Gasteiger partial charge in [0.2, 0.25) is 10.0 Å². The molecule has 0 radical (unpaired) electrons. The Bertz CT molecular complexity index is 695. The minimum absolute atomic E-state index is 0. The smallest absolute Gasteiger partial charge is 0.214 e. The largest absolute Gasteiger partial charge is 0.357 e. The molecule has 0 unspecified atom stereocenters. The lowest BCUT2D eigenvalue weighted by atomic mass is 10.1. The zero-order valence-corrected chi connectivity index (χ0v) is 21.7. The number of halogens is 1. The first kappa shape index (κ1) is 27.9. The molecule has 0 saturated carbocycles. The molecule has 0 aliphatic carbocycles. The molecule has 1 fully saturated rings. The molecular formula is C17H37IN4O4S2. The molecule has 0 amide bonds. The van der Waals surface area contributed by atoms with Crippen molar-refractivity contribution >= 4 is 49.8 Å². The first-order valence-electron chi connectivity index (χ1n) is 9.68. The standard InChI is InChI=1S/C17H36N4O4S2.HI/c1-6-13-27(24,25)21-11-8-15(9-12-21)20-16(18-7-2)19-10-14-26(22,23)17(3,4)5;/h15H,6-14H2,1-5H3,(H2,18,19,20);1H. The fourth-order valence-electron chi connectivity index (χ4n) is 2.76. The molecule has 1 saturated heterocycles. The first-order valence-corrected chi connectivity index (χ1v) is 12.9. The quantitative estimate of drug-likeness (QED) is 0.269. The van der Waals surface area contributed by atoms with E-state index in [2.05, 4.69) is 15.6 Å². The summed E-state index contributed by atoms with van der Waals surface area (Å²) in [7, 11) is -6.35. The number of sulfonamides is 1. The molecule has 28 heavy (non-hydrogen) atoms. The molecule has 0 aromatic heterocycles. The molecule has 0 spiro atoms. The number of nitrogens with zero attached hydrogens (tertiary/aromatic N) is 2. The van der Waals surface area contributed by atoms with E-state index in [9.17, 15) is 16.8 Å². The molecule has 1 aliphatic rings. The molecule has 0 atom stereocenters. The molecule has 1 aliphatic heterocycles. The van der Waals surface area contributed by atoms with Crippen LogP contribution < -0.4 is 10.6 Å². The van der Waals surface area contributed by atoms with Crippen molar-refractivity contribution in [3.05, 3.63) is 0 Å². The van der Waals surface area contributed by atoms with Crippen molar-refractivity contribution in [2.24, 2.45) is 4.99 Å². The van der Waals surface area contributed by atoms with Gasteiger partial charge < -0.3 is 10.6 Å². The minimum Gasteiger partial charge on any atom is -0.357 e. The van der Waals surface area contributed by atoms with Gasteiger partial charge in [0.1, 0.15) is 0 Å². The number of sulfone groups is 1. The molecule has 11 heteroatoms. The fraction of sp³-hybridized carbons (Fsp3) is 0.941. The van der Waals surface area contributed by atoms with Gasteiger partial charge in [-0.25, -0.2) is 21.1 Å². The van der Waals surface area contributed by atoms with Gasteiger partial charge in [-0.15, -0.1) is 24.0 Å². The zero-order valence-electron chi connectivity index (χ0n) is 17.7. The third kappa shape index (κ3) is 8.70. The summed E-state index contributed by atoms with van der Waals surface area (Å²) in [6, 6.07) is 0.120. The average molecular weight is 553 g/mol. The zero-order chi connectivity index (χ0) is 20.7. The van der Waals surface area contributed by atoms with Gasteiger partial charge in [0.25, 0.3) is 0 Å². The van der Waals surface area contributed by atoms with Crippen LogP contribution in [0.4, 0.5) is 0 Å². The first-order chi connectivity index (χ1) is 12.4. The van der Waals surface area contributed by atoms with E-state index in [1.807, 2.05) is 13.8 Å². The number of hydrogen-bond donors (Lipinski definition) is 2. The van der Waals surface area contributed by atoms with Crippen molar-refractivity contribution in [3.8, 4) is 0 Å². The second kappa shape index (κ2) is 11.9. The van der Waals surface area contributed by atoms with E-state index < -0.39 is 24.6 Å². The molecule has 2 N–H and O–H groups in total. The number of piperidine rings is 1. The summed E-state index contributed by atoms with van der Waals surface area (Å²) < 4.78 is 49.5. The Morgan fingerprint density at radius 2 is 1.64 bits per heavy atom. The minimum atomic E-state index is -3.21. The lowest BCUT2D eigenvalue weighted by Crippen LogP contribution is -2.50. The van der Waals surface area contributed by atoms with Crippen LogP contribution in [0.25, 0.3) is 0 Å². The molecule has 168 valence electrons. The Hall–Kier alpha value is -0.140. The van der Waals surface area contributed by atoms with E-state index in [4.69, 9.17) is 0 Å². The van der Waals surface area contributed by atoms with Crippen LogP contribution in [0.15, 0.2) is 4.99 Å². The summed E-state index contributed by atoms with van der Waals surface area (Å²) in [5.74, 6) is 0.773. The second-order valence-corrected chi connectivity index (χ2v) is 12.8. The normalized spacial score (nSPS) is 17.8. The van der Waals surface area contributed by atoms with Gasteiger partial charge >= 0.3 is 0 Å². The number of aliphatic imine (C=N–C) groups is 1. The van der Waals surface area contributed by atoms with Gasteiger partial charge in [-0.2, -0.15) is 0 Å². The van der Waals surface area contributed by atoms with Gasteiger partial charge in [-0.3, -0.25) is 4.99 Å². The Labute approximate surface area is 188 Å². The van der Waals surface area contributed by atoms with Gasteiger partial charge in [0.15, 0.2) is 15.8 Å². The van der Waals surface area contributed by atoms with Crippen molar-refractivity contribution in [1.29, 1.82) is 0 Å². The Morgan fingerprint density at radius 3 is 2.11 bits per heavy atom. The molecule has 0 aromatic rings. The number of hydrogen-bond acceptors (Lipinski definition) is 5. The Morgan fingerprint density at radius 1 is 1.07 bits per heavy atom. The van der Waals surface area contributed by atoms with Crippen molar-refractivity contribution in [2.75, 3.05) is 37.7 Å². The number of guanidine groups is 1. The predicted molar refractivity (Wildman–Crippen MR) is 127 cm³/mol. The fourth-order valence-corrected chi connectivity index (χ4v) is 5.25. The van der Waals surface area contributed by atoms with Crippen molar-refractivity contribution in [2.45, 2.75) is 64.7 Å². The third-order valence-electron chi connectivity index (χ3n) is 4.56. The summed E-state index contributed by atoms with van der Waals surface area (Å²) in [4.78, 5) is 4.39. The maximum absolute atomic E-state index is 12.2. The van der Waals surface area contributed by atoms with Crippen molar-refractivity contribution in [1.82, 2.24) is 14.9 Å². The summed E-state index contributed by atoms with van der Waals surface area (Å²) in [6.07, 6.45) is 2.02. The van der Waals surface area contributed by atoms with Gasteiger partial charge in [0, 0.05) is 25.7 Å². The SMILES string of the molecule is CCCS(=O)(=O)N1CCC(NC(=NCCS(=O)(=O)C(C)(C)C)NCC)CC1.I. The van der Waals surface area contributed by atoms with E-state index >= 15 is 0 Å². The highest BCUT2D eigenvalue weighted by molar-refractivity contribution is 14.0. The summed E-state index contributed by atoms with van der Waals surface area (Å²) in [5.41, 5.74) is 0.